The molecule has 0 atom stereocenters. The summed E-state index contributed by atoms with van der Waals surface area (Å²) in [7, 11) is 0. The fourth-order valence-electron chi connectivity index (χ4n) is 3.52. The van der Waals surface area contributed by atoms with Gasteiger partial charge in [-0.25, -0.2) is 4.68 Å². The van der Waals surface area contributed by atoms with Crippen molar-refractivity contribution in [1.82, 2.24) is 19.9 Å². The van der Waals surface area contributed by atoms with E-state index < -0.39 is 0 Å². The van der Waals surface area contributed by atoms with Crippen LogP contribution in [0.2, 0.25) is 0 Å². The van der Waals surface area contributed by atoms with E-state index in [1.807, 2.05) is 36.5 Å². The molecule has 156 valence electrons. The van der Waals surface area contributed by atoms with Crippen LogP contribution in [0, 0.1) is 0 Å². The molecule has 0 unspecified atom stereocenters. The highest BCUT2D eigenvalue weighted by Gasteiger charge is 2.35. The number of aromatic nitrogens is 3. The summed E-state index contributed by atoms with van der Waals surface area (Å²) in [6.45, 7) is 8.39. The Balaban J connectivity index is 1.48. The number of amides is 1. The minimum atomic E-state index is -0.0475. The van der Waals surface area contributed by atoms with Crippen molar-refractivity contribution in [3.8, 4) is 17.2 Å². The Hall–Kier alpha value is -2.77. The van der Waals surface area contributed by atoms with Crippen molar-refractivity contribution in [3.63, 3.8) is 0 Å². The average Bonchev–Trinajstić information content (AvgIpc) is 3.41. The molecular weight excluding hydrogens is 372 g/mol. The number of benzene rings is 1. The average molecular weight is 400 g/mol. The first-order valence-electron chi connectivity index (χ1n) is 10.4. The number of ether oxygens (including phenoxy) is 3. The van der Waals surface area contributed by atoms with Gasteiger partial charge in [0.05, 0.1) is 31.6 Å². The monoisotopic (exact) mass is 400 g/mol. The fraction of sp³-hybridized carbons (Fsp3) is 0.571. The van der Waals surface area contributed by atoms with Gasteiger partial charge >= 0.3 is 0 Å². The van der Waals surface area contributed by atoms with Crippen molar-refractivity contribution >= 4 is 5.91 Å². The summed E-state index contributed by atoms with van der Waals surface area (Å²) >= 11 is 0. The first-order chi connectivity index (χ1) is 14.1. The second-order valence-corrected chi connectivity index (χ2v) is 7.36. The topological polar surface area (TPSA) is 78.7 Å². The summed E-state index contributed by atoms with van der Waals surface area (Å²) in [5.41, 5.74) is 1.61. The Morgan fingerprint density at radius 1 is 1.03 bits per heavy atom. The molecule has 4 rings (SSSR count). The second-order valence-electron chi connectivity index (χ2n) is 7.36. The van der Waals surface area contributed by atoms with Gasteiger partial charge in [0.1, 0.15) is 0 Å². The summed E-state index contributed by atoms with van der Waals surface area (Å²) < 4.78 is 19.1. The van der Waals surface area contributed by atoms with Crippen LogP contribution in [0.25, 0.3) is 0 Å². The molecule has 2 aromatic rings. The highest BCUT2D eigenvalue weighted by atomic mass is 16.5. The SMILES string of the molecule is CCOc1cc(C(=O)N2CC(n3cc(C4CC4)nn3)C2)cc(OCC)c1OCC. The van der Waals surface area contributed by atoms with Gasteiger partial charge in [-0.3, -0.25) is 4.79 Å². The van der Waals surface area contributed by atoms with Crippen molar-refractivity contribution in [2.24, 2.45) is 0 Å². The number of rotatable bonds is 9. The van der Waals surface area contributed by atoms with Crippen molar-refractivity contribution < 1.29 is 19.0 Å². The van der Waals surface area contributed by atoms with Gasteiger partial charge in [0, 0.05) is 30.8 Å². The molecule has 2 aliphatic rings. The Bertz CT molecular complexity index is 844. The summed E-state index contributed by atoms with van der Waals surface area (Å²) in [6, 6.07) is 3.67. The van der Waals surface area contributed by atoms with Crippen molar-refractivity contribution in [2.75, 3.05) is 32.9 Å². The van der Waals surface area contributed by atoms with E-state index in [0.29, 0.717) is 61.6 Å². The van der Waals surface area contributed by atoms with Crippen LogP contribution in [0.3, 0.4) is 0 Å². The molecule has 1 saturated heterocycles. The predicted octanol–water partition coefficient (Wildman–Crippen LogP) is 3.05. The third kappa shape index (κ3) is 4.02. The summed E-state index contributed by atoms with van der Waals surface area (Å²) in [6.07, 6.45) is 4.44. The normalized spacial score (nSPS) is 16.4. The van der Waals surface area contributed by atoms with Crippen LogP contribution < -0.4 is 14.2 Å². The summed E-state index contributed by atoms with van der Waals surface area (Å²) in [5, 5.41) is 8.51. The molecule has 1 aliphatic carbocycles. The Morgan fingerprint density at radius 2 is 1.66 bits per heavy atom. The zero-order valence-electron chi connectivity index (χ0n) is 17.3. The maximum atomic E-state index is 13.0. The Kier molecular flexibility index (Phi) is 5.60. The predicted molar refractivity (Wildman–Crippen MR) is 107 cm³/mol. The van der Waals surface area contributed by atoms with Crippen LogP contribution >= 0.6 is 0 Å². The number of carbonyl (C=O) groups is 1. The van der Waals surface area contributed by atoms with Gasteiger partial charge in [-0.05, 0) is 45.7 Å². The maximum absolute atomic E-state index is 13.0. The molecule has 1 aliphatic heterocycles. The second kappa shape index (κ2) is 8.31. The van der Waals surface area contributed by atoms with Crippen molar-refractivity contribution in [2.45, 2.75) is 45.6 Å². The number of nitrogens with zero attached hydrogens (tertiary/aromatic N) is 4. The van der Waals surface area contributed by atoms with E-state index in [1.54, 1.807) is 12.1 Å². The number of hydrogen-bond acceptors (Lipinski definition) is 6. The van der Waals surface area contributed by atoms with Crippen LogP contribution in [-0.2, 0) is 0 Å². The largest absolute Gasteiger partial charge is 0.490 e. The molecule has 1 saturated carbocycles. The molecule has 1 aromatic carbocycles. The molecule has 1 amide bonds. The van der Waals surface area contributed by atoms with Gasteiger partial charge in [-0.1, -0.05) is 5.21 Å². The van der Waals surface area contributed by atoms with Gasteiger partial charge in [-0.2, -0.15) is 0 Å². The van der Waals surface area contributed by atoms with E-state index in [-0.39, 0.29) is 11.9 Å². The Morgan fingerprint density at radius 3 is 2.21 bits per heavy atom. The van der Waals surface area contributed by atoms with Crippen LogP contribution in [0.1, 0.15) is 61.6 Å². The lowest BCUT2D eigenvalue weighted by atomic mass is 10.1. The maximum Gasteiger partial charge on any atom is 0.254 e. The summed E-state index contributed by atoms with van der Waals surface area (Å²) in [4.78, 5) is 14.8. The quantitative estimate of drug-likeness (QED) is 0.644. The molecule has 8 heteroatoms. The standard InChI is InChI=1S/C21H28N4O4/c1-4-27-18-9-15(10-19(28-5-2)20(18)29-6-3)21(26)24-11-16(12-24)25-13-17(22-23-25)14-7-8-14/h9-10,13-14,16H,4-8,11-12H2,1-3H3. The van der Waals surface area contributed by atoms with Crippen LogP contribution in [0.4, 0.5) is 0 Å². The van der Waals surface area contributed by atoms with E-state index in [9.17, 15) is 4.79 Å². The smallest absolute Gasteiger partial charge is 0.254 e. The third-order valence-electron chi connectivity index (χ3n) is 5.20. The van der Waals surface area contributed by atoms with Gasteiger partial charge in [0.25, 0.3) is 5.91 Å². The molecule has 29 heavy (non-hydrogen) atoms. The van der Waals surface area contributed by atoms with E-state index in [0.717, 1.165) is 5.69 Å². The van der Waals surface area contributed by atoms with Crippen molar-refractivity contribution in [1.29, 1.82) is 0 Å². The highest BCUT2D eigenvalue weighted by Crippen LogP contribution is 2.41. The molecule has 0 N–H and O–H groups in total. The zero-order valence-corrected chi connectivity index (χ0v) is 17.3. The lowest BCUT2D eigenvalue weighted by molar-refractivity contribution is 0.0497. The minimum Gasteiger partial charge on any atom is -0.490 e. The summed E-state index contributed by atoms with van der Waals surface area (Å²) in [5.74, 6) is 2.15. The first-order valence-corrected chi connectivity index (χ1v) is 10.4. The van der Waals surface area contributed by atoms with Gasteiger partial charge in [0.2, 0.25) is 5.75 Å². The third-order valence-corrected chi connectivity index (χ3v) is 5.20. The number of likely N-dealkylation sites (tertiary alicyclic amines) is 1. The van der Waals surface area contributed by atoms with E-state index >= 15 is 0 Å². The molecule has 0 spiro atoms. The lowest BCUT2D eigenvalue weighted by Crippen LogP contribution is -2.50. The molecule has 0 bridgehead atoms. The van der Waals surface area contributed by atoms with Gasteiger partial charge in [-0.15, -0.1) is 5.10 Å². The van der Waals surface area contributed by atoms with Gasteiger partial charge in [0.15, 0.2) is 11.5 Å². The van der Waals surface area contributed by atoms with E-state index in [4.69, 9.17) is 14.2 Å². The molecule has 2 fully saturated rings. The number of carbonyl (C=O) groups excluding carboxylic acids is 1. The van der Waals surface area contributed by atoms with E-state index in [2.05, 4.69) is 10.3 Å². The van der Waals surface area contributed by atoms with E-state index in [1.165, 1.54) is 12.8 Å². The van der Waals surface area contributed by atoms with Crippen LogP contribution in [0.5, 0.6) is 17.2 Å². The number of hydrogen-bond donors (Lipinski definition) is 0. The zero-order chi connectivity index (χ0) is 20.4. The Labute approximate surface area is 170 Å². The molecule has 2 heterocycles. The first kappa shape index (κ1) is 19.5. The van der Waals surface area contributed by atoms with Crippen LogP contribution in [-0.4, -0.2) is 58.7 Å². The minimum absolute atomic E-state index is 0.0475. The molecular formula is C21H28N4O4. The van der Waals surface area contributed by atoms with Crippen molar-refractivity contribution in [3.05, 3.63) is 29.6 Å². The lowest BCUT2D eigenvalue weighted by Gasteiger charge is -2.39. The van der Waals surface area contributed by atoms with Gasteiger partial charge < -0.3 is 19.1 Å². The molecule has 0 radical (unpaired) electrons. The fourth-order valence-corrected chi connectivity index (χ4v) is 3.52. The molecule has 1 aromatic heterocycles. The highest BCUT2D eigenvalue weighted by molar-refractivity contribution is 5.96. The molecule has 8 nitrogen and oxygen atoms in total. The van der Waals surface area contributed by atoms with Crippen LogP contribution in [0.15, 0.2) is 18.3 Å².